The van der Waals surface area contributed by atoms with Gasteiger partial charge in [0, 0.05) is 12.3 Å². The smallest absolute Gasteiger partial charge is 0.129 e. The molecule has 0 aliphatic carbocycles. The van der Waals surface area contributed by atoms with Gasteiger partial charge in [0.15, 0.2) is 0 Å². The number of rotatable bonds is 9. The Bertz CT molecular complexity index is 164. The van der Waals surface area contributed by atoms with Crippen molar-refractivity contribution in [3.8, 4) is 0 Å². The van der Waals surface area contributed by atoms with Crippen LogP contribution in [-0.4, -0.2) is 12.1 Å². The Kier molecular flexibility index (Phi) is 8.50. The van der Waals surface area contributed by atoms with E-state index in [1.165, 1.54) is 19.3 Å². The van der Waals surface area contributed by atoms with Crippen molar-refractivity contribution in [2.45, 2.75) is 58.8 Å². The molecular weight excluding hydrogens is 176 g/mol. The van der Waals surface area contributed by atoms with E-state index in [-0.39, 0.29) is 11.7 Å². The van der Waals surface area contributed by atoms with Gasteiger partial charge in [0.1, 0.15) is 12.1 Å². The summed E-state index contributed by atoms with van der Waals surface area (Å²) in [5.41, 5.74) is 0. The van der Waals surface area contributed by atoms with Crippen molar-refractivity contribution in [1.82, 2.24) is 0 Å². The maximum absolute atomic E-state index is 10.7. The first kappa shape index (κ1) is 13.3. The molecular formula is C12H22O2. The molecule has 0 spiro atoms. The highest BCUT2D eigenvalue weighted by atomic mass is 16.1. The number of Topliss-reactive ketones (excluding diaryl/α,β-unsaturated/α-hetero) is 1. The number of hydrogen-bond donors (Lipinski definition) is 0. The minimum atomic E-state index is 0.107. The fraction of sp³-hybridized carbons (Fsp3) is 0.833. The molecule has 0 N–H and O–H groups in total. The fourth-order valence-electron chi connectivity index (χ4n) is 1.50. The fourth-order valence-corrected chi connectivity index (χ4v) is 1.50. The van der Waals surface area contributed by atoms with Crippen LogP contribution in [0.1, 0.15) is 58.8 Å². The lowest BCUT2D eigenvalue weighted by Gasteiger charge is -2.08. The molecule has 0 radical (unpaired) electrons. The Morgan fingerprint density at radius 2 is 1.93 bits per heavy atom. The van der Waals surface area contributed by atoms with Crippen LogP contribution in [0.15, 0.2) is 0 Å². The van der Waals surface area contributed by atoms with Crippen molar-refractivity contribution in [3.05, 3.63) is 0 Å². The molecule has 82 valence electrons. The third-order valence-corrected chi connectivity index (χ3v) is 2.49. The average Bonchev–Trinajstić information content (AvgIpc) is 2.16. The Morgan fingerprint density at radius 1 is 1.21 bits per heavy atom. The van der Waals surface area contributed by atoms with Crippen molar-refractivity contribution in [1.29, 1.82) is 0 Å². The van der Waals surface area contributed by atoms with Crippen molar-refractivity contribution < 1.29 is 9.59 Å². The summed E-state index contributed by atoms with van der Waals surface area (Å²) in [6.45, 7) is 3.76. The largest absolute Gasteiger partial charge is 0.303 e. The predicted molar refractivity (Wildman–Crippen MR) is 58.2 cm³/mol. The van der Waals surface area contributed by atoms with E-state index < -0.39 is 0 Å². The van der Waals surface area contributed by atoms with Crippen LogP contribution in [0.25, 0.3) is 0 Å². The molecule has 0 aromatic heterocycles. The number of unbranched alkanes of at least 4 members (excludes halogenated alkanes) is 3. The predicted octanol–water partition coefficient (Wildman–Crippen LogP) is 3.14. The van der Waals surface area contributed by atoms with Crippen LogP contribution in [0.2, 0.25) is 0 Å². The van der Waals surface area contributed by atoms with E-state index in [2.05, 4.69) is 6.92 Å². The molecule has 0 heterocycles. The summed E-state index contributed by atoms with van der Waals surface area (Å²) in [6, 6.07) is 0. The summed E-state index contributed by atoms with van der Waals surface area (Å²) in [7, 11) is 0. The summed E-state index contributed by atoms with van der Waals surface area (Å²) in [6.07, 6.45) is 8.06. The topological polar surface area (TPSA) is 34.1 Å². The van der Waals surface area contributed by atoms with E-state index in [0.717, 1.165) is 25.5 Å². The van der Waals surface area contributed by atoms with Gasteiger partial charge in [-0.25, -0.2) is 0 Å². The second kappa shape index (κ2) is 8.92. The Labute approximate surface area is 87.1 Å². The SMILES string of the molecule is CCCCCC[C@@H](C=O)CCC(C)=O. The molecule has 0 aliphatic rings. The maximum Gasteiger partial charge on any atom is 0.129 e. The summed E-state index contributed by atoms with van der Waals surface area (Å²) in [4.78, 5) is 21.4. The van der Waals surface area contributed by atoms with Gasteiger partial charge < -0.3 is 9.59 Å². The third-order valence-electron chi connectivity index (χ3n) is 2.49. The van der Waals surface area contributed by atoms with Gasteiger partial charge in [0.2, 0.25) is 0 Å². The second-order valence-electron chi connectivity index (χ2n) is 3.99. The highest BCUT2D eigenvalue weighted by molar-refractivity contribution is 5.75. The summed E-state index contributed by atoms with van der Waals surface area (Å²) < 4.78 is 0. The Balaban J connectivity index is 3.47. The van der Waals surface area contributed by atoms with E-state index in [9.17, 15) is 9.59 Å². The molecule has 0 aromatic rings. The van der Waals surface area contributed by atoms with Crippen molar-refractivity contribution >= 4 is 12.1 Å². The van der Waals surface area contributed by atoms with E-state index in [0.29, 0.717) is 6.42 Å². The highest BCUT2D eigenvalue weighted by Gasteiger charge is 2.07. The van der Waals surface area contributed by atoms with Crippen molar-refractivity contribution in [3.63, 3.8) is 0 Å². The van der Waals surface area contributed by atoms with E-state index in [1.807, 2.05) is 0 Å². The van der Waals surface area contributed by atoms with Crippen LogP contribution in [0, 0.1) is 5.92 Å². The molecule has 0 rings (SSSR count). The van der Waals surface area contributed by atoms with E-state index in [4.69, 9.17) is 0 Å². The van der Waals surface area contributed by atoms with Gasteiger partial charge in [-0.3, -0.25) is 0 Å². The maximum atomic E-state index is 10.7. The zero-order chi connectivity index (χ0) is 10.8. The standard InChI is InChI=1S/C12H22O2/c1-3-4-5-6-7-12(10-13)9-8-11(2)14/h10,12H,3-9H2,1-2H3/t12-/m1/s1. The van der Waals surface area contributed by atoms with Gasteiger partial charge in [-0.2, -0.15) is 0 Å². The van der Waals surface area contributed by atoms with E-state index in [1.54, 1.807) is 6.92 Å². The third kappa shape index (κ3) is 7.96. The quantitative estimate of drug-likeness (QED) is 0.421. The van der Waals surface area contributed by atoms with Crippen molar-refractivity contribution in [2.24, 2.45) is 5.92 Å². The molecule has 0 amide bonds. The summed E-state index contributed by atoms with van der Waals surface area (Å²) in [5.74, 6) is 0.293. The van der Waals surface area contributed by atoms with Gasteiger partial charge in [0.25, 0.3) is 0 Å². The first-order valence-electron chi connectivity index (χ1n) is 5.65. The molecule has 2 heteroatoms. The lowest BCUT2D eigenvalue weighted by atomic mass is 9.96. The van der Waals surface area contributed by atoms with Gasteiger partial charge in [-0.15, -0.1) is 0 Å². The second-order valence-corrected chi connectivity index (χ2v) is 3.99. The zero-order valence-electron chi connectivity index (χ0n) is 9.42. The van der Waals surface area contributed by atoms with Gasteiger partial charge in [0.05, 0.1) is 0 Å². The minimum Gasteiger partial charge on any atom is -0.303 e. The number of carbonyl (C=O) groups excluding carboxylic acids is 2. The lowest BCUT2D eigenvalue weighted by Crippen LogP contribution is -2.04. The average molecular weight is 198 g/mol. The Morgan fingerprint density at radius 3 is 2.43 bits per heavy atom. The van der Waals surface area contributed by atoms with Crippen LogP contribution in [0.3, 0.4) is 0 Å². The van der Waals surface area contributed by atoms with Crippen LogP contribution < -0.4 is 0 Å². The lowest BCUT2D eigenvalue weighted by molar-refractivity contribution is -0.117. The molecule has 0 unspecified atom stereocenters. The van der Waals surface area contributed by atoms with Gasteiger partial charge in [-0.05, 0) is 19.8 Å². The van der Waals surface area contributed by atoms with Gasteiger partial charge in [-0.1, -0.05) is 32.6 Å². The summed E-state index contributed by atoms with van der Waals surface area (Å²) in [5, 5.41) is 0. The molecule has 0 bridgehead atoms. The van der Waals surface area contributed by atoms with Crippen LogP contribution in [-0.2, 0) is 9.59 Å². The molecule has 2 nitrogen and oxygen atoms in total. The van der Waals surface area contributed by atoms with Crippen LogP contribution in [0.5, 0.6) is 0 Å². The molecule has 0 aromatic carbocycles. The molecule has 0 fully saturated rings. The molecule has 1 atom stereocenters. The van der Waals surface area contributed by atoms with Crippen molar-refractivity contribution in [2.75, 3.05) is 0 Å². The van der Waals surface area contributed by atoms with Crippen LogP contribution >= 0.6 is 0 Å². The molecule has 0 saturated carbocycles. The normalized spacial score (nSPS) is 12.4. The number of hydrogen-bond acceptors (Lipinski definition) is 2. The monoisotopic (exact) mass is 198 g/mol. The van der Waals surface area contributed by atoms with Crippen LogP contribution in [0.4, 0.5) is 0 Å². The molecule has 14 heavy (non-hydrogen) atoms. The number of ketones is 1. The highest BCUT2D eigenvalue weighted by Crippen LogP contribution is 2.14. The zero-order valence-corrected chi connectivity index (χ0v) is 9.42. The first-order valence-corrected chi connectivity index (χ1v) is 5.65. The Hall–Kier alpha value is -0.660. The van der Waals surface area contributed by atoms with Gasteiger partial charge >= 0.3 is 0 Å². The minimum absolute atomic E-state index is 0.107. The first-order chi connectivity index (χ1) is 6.70. The summed E-state index contributed by atoms with van der Waals surface area (Å²) >= 11 is 0. The number of aldehydes is 1. The molecule has 0 saturated heterocycles. The molecule has 0 aliphatic heterocycles. The number of carbonyl (C=O) groups is 2. The van der Waals surface area contributed by atoms with E-state index >= 15 is 0 Å².